The highest BCUT2D eigenvalue weighted by atomic mass is 19.1. The number of ether oxygens (including phenoxy) is 2. The standard InChI is InChI=1S/C19H19FN2O3/c1-24-19(23)16(15-4-6-21-7-5-15)12-14-2-3-18(17(20)13-14)22-8-10-25-11-9-22/h2-7,12-13H,8-11H2,1H3. The molecule has 0 atom stereocenters. The summed E-state index contributed by atoms with van der Waals surface area (Å²) in [5, 5.41) is 0. The Kier molecular flexibility index (Phi) is 5.40. The number of pyridine rings is 1. The highest BCUT2D eigenvalue weighted by Crippen LogP contribution is 2.25. The van der Waals surface area contributed by atoms with Crippen LogP contribution < -0.4 is 4.90 Å². The van der Waals surface area contributed by atoms with E-state index in [9.17, 15) is 9.18 Å². The maximum Gasteiger partial charge on any atom is 0.338 e. The molecule has 1 saturated heterocycles. The third-order valence-electron chi connectivity index (χ3n) is 4.03. The number of methoxy groups -OCH3 is 1. The minimum Gasteiger partial charge on any atom is -0.465 e. The van der Waals surface area contributed by atoms with Crippen molar-refractivity contribution in [1.29, 1.82) is 0 Å². The lowest BCUT2D eigenvalue weighted by Crippen LogP contribution is -2.36. The molecule has 0 spiro atoms. The molecule has 1 aliphatic rings. The summed E-state index contributed by atoms with van der Waals surface area (Å²) in [4.78, 5) is 18.0. The smallest absolute Gasteiger partial charge is 0.338 e. The Hall–Kier alpha value is -2.73. The second kappa shape index (κ2) is 7.90. The molecule has 0 amide bonds. The number of halogens is 1. The van der Waals surface area contributed by atoms with Gasteiger partial charge in [0.1, 0.15) is 5.82 Å². The van der Waals surface area contributed by atoms with Gasteiger partial charge in [-0.3, -0.25) is 4.98 Å². The first-order valence-corrected chi connectivity index (χ1v) is 8.01. The van der Waals surface area contributed by atoms with Crippen LogP contribution in [0.5, 0.6) is 0 Å². The Labute approximate surface area is 145 Å². The number of hydrogen-bond acceptors (Lipinski definition) is 5. The van der Waals surface area contributed by atoms with E-state index in [1.807, 2.05) is 4.90 Å². The molecule has 1 aromatic heterocycles. The van der Waals surface area contributed by atoms with Crippen molar-refractivity contribution in [3.8, 4) is 0 Å². The number of nitrogens with zero attached hydrogens (tertiary/aromatic N) is 2. The van der Waals surface area contributed by atoms with Gasteiger partial charge in [-0.25, -0.2) is 9.18 Å². The van der Waals surface area contributed by atoms with Gasteiger partial charge in [0.2, 0.25) is 0 Å². The largest absolute Gasteiger partial charge is 0.465 e. The Morgan fingerprint density at radius 2 is 1.96 bits per heavy atom. The summed E-state index contributed by atoms with van der Waals surface area (Å²) < 4.78 is 24.7. The van der Waals surface area contributed by atoms with Gasteiger partial charge in [-0.15, -0.1) is 0 Å². The van der Waals surface area contributed by atoms with E-state index >= 15 is 0 Å². The van der Waals surface area contributed by atoms with E-state index in [2.05, 4.69) is 4.98 Å². The van der Waals surface area contributed by atoms with Crippen molar-refractivity contribution < 1.29 is 18.7 Å². The van der Waals surface area contributed by atoms with E-state index in [-0.39, 0.29) is 5.82 Å². The summed E-state index contributed by atoms with van der Waals surface area (Å²) in [5.74, 6) is -0.807. The van der Waals surface area contributed by atoms with Gasteiger partial charge in [-0.05, 0) is 41.5 Å². The quantitative estimate of drug-likeness (QED) is 0.632. The zero-order valence-electron chi connectivity index (χ0n) is 13.9. The number of aromatic nitrogens is 1. The third-order valence-corrected chi connectivity index (χ3v) is 4.03. The van der Waals surface area contributed by atoms with E-state index in [1.165, 1.54) is 13.2 Å². The fraction of sp³-hybridized carbons (Fsp3) is 0.263. The van der Waals surface area contributed by atoms with Crippen LogP contribution in [0.2, 0.25) is 0 Å². The van der Waals surface area contributed by atoms with Crippen molar-refractivity contribution in [2.75, 3.05) is 38.3 Å². The molecule has 0 saturated carbocycles. The van der Waals surface area contributed by atoms with Crippen molar-refractivity contribution in [1.82, 2.24) is 4.98 Å². The number of carbonyl (C=O) groups excluding carboxylic acids is 1. The maximum atomic E-state index is 14.5. The Morgan fingerprint density at radius 1 is 1.24 bits per heavy atom. The molecule has 25 heavy (non-hydrogen) atoms. The molecule has 1 fully saturated rings. The topological polar surface area (TPSA) is 51.7 Å². The van der Waals surface area contributed by atoms with E-state index in [0.29, 0.717) is 48.7 Å². The number of hydrogen-bond donors (Lipinski definition) is 0. The van der Waals surface area contributed by atoms with Crippen LogP contribution in [0.25, 0.3) is 11.6 Å². The summed E-state index contributed by atoms with van der Waals surface area (Å²) in [5.41, 5.74) is 2.15. The fourth-order valence-electron chi connectivity index (χ4n) is 2.74. The molecule has 5 nitrogen and oxygen atoms in total. The molecule has 0 unspecified atom stereocenters. The molecule has 6 heteroatoms. The van der Waals surface area contributed by atoms with Gasteiger partial charge in [-0.1, -0.05) is 6.07 Å². The van der Waals surface area contributed by atoms with Crippen molar-refractivity contribution in [2.45, 2.75) is 0 Å². The van der Waals surface area contributed by atoms with E-state index < -0.39 is 5.97 Å². The Balaban J connectivity index is 1.92. The van der Waals surface area contributed by atoms with Gasteiger partial charge < -0.3 is 14.4 Å². The highest BCUT2D eigenvalue weighted by Gasteiger charge is 2.16. The second-order valence-electron chi connectivity index (χ2n) is 5.60. The predicted octanol–water partition coefficient (Wildman–Crippen LogP) is 2.77. The zero-order valence-corrected chi connectivity index (χ0v) is 13.9. The summed E-state index contributed by atoms with van der Waals surface area (Å²) in [6, 6.07) is 8.36. The first-order chi connectivity index (χ1) is 12.2. The lowest BCUT2D eigenvalue weighted by molar-refractivity contribution is -0.133. The average Bonchev–Trinajstić information content (AvgIpc) is 2.67. The lowest BCUT2D eigenvalue weighted by atomic mass is 10.0. The van der Waals surface area contributed by atoms with Crippen molar-refractivity contribution >= 4 is 23.3 Å². The monoisotopic (exact) mass is 342 g/mol. The van der Waals surface area contributed by atoms with Gasteiger partial charge in [0, 0.05) is 25.5 Å². The van der Waals surface area contributed by atoms with E-state index in [1.54, 1.807) is 42.7 Å². The molecule has 1 aliphatic heterocycles. The normalized spacial score (nSPS) is 15.1. The van der Waals surface area contributed by atoms with Crippen molar-refractivity contribution in [3.05, 3.63) is 59.7 Å². The van der Waals surface area contributed by atoms with Crippen LogP contribution in [0.4, 0.5) is 10.1 Å². The highest BCUT2D eigenvalue weighted by molar-refractivity contribution is 6.21. The van der Waals surface area contributed by atoms with Gasteiger partial charge in [0.25, 0.3) is 0 Å². The first kappa shape index (κ1) is 17.1. The summed E-state index contributed by atoms with van der Waals surface area (Å²) in [7, 11) is 1.32. The minimum absolute atomic E-state index is 0.324. The Morgan fingerprint density at radius 3 is 2.60 bits per heavy atom. The van der Waals surface area contributed by atoms with Crippen molar-refractivity contribution in [3.63, 3.8) is 0 Å². The summed E-state index contributed by atoms with van der Waals surface area (Å²) in [6.07, 6.45) is 4.80. The van der Waals surface area contributed by atoms with Crippen LogP contribution in [0.3, 0.4) is 0 Å². The van der Waals surface area contributed by atoms with Crippen LogP contribution in [0.1, 0.15) is 11.1 Å². The van der Waals surface area contributed by atoms with Gasteiger partial charge in [0.05, 0.1) is 31.6 Å². The summed E-state index contributed by atoms with van der Waals surface area (Å²) in [6.45, 7) is 2.51. The third kappa shape index (κ3) is 4.03. The molecular weight excluding hydrogens is 323 g/mol. The van der Waals surface area contributed by atoms with E-state index in [0.717, 1.165) is 0 Å². The van der Waals surface area contributed by atoms with Crippen molar-refractivity contribution in [2.24, 2.45) is 0 Å². The molecule has 0 aliphatic carbocycles. The van der Waals surface area contributed by atoms with Gasteiger partial charge in [-0.2, -0.15) is 0 Å². The average molecular weight is 342 g/mol. The number of benzene rings is 1. The lowest BCUT2D eigenvalue weighted by Gasteiger charge is -2.29. The maximum absolute atomic E-state index is 14.5. The first-order valence-electron chi connectivity index (χ1n) is 8.01. The molecule has 2 aromatic rings. The molecule has 130 valence electrons. The van der Waals surface area contributed by atoms with Gasteiger partial charge >= 0.3 is 5.97 Å². The van der Waals surface area contributed by atoms with E-state index in [4.69, 9.17) is 9.47 Å². The Bertz CT molecular complexity index is 771. The van der Waals surface area contributed by atoms with Crippen LogP contribution in [0, 0.1) is 5.82 Å². The number of morpholine rings is 1. The molecule has 3 rings (SSSR count). The SMILES string of the molecule is COC(=O)C(=Cc1ccc(N2CCOCC2)c(F)c1)c1ccncc1. The second-order valence-corrected chi connectivity index (χ2v) is 5.60. The van der Waals surface area contributed by atoms with Crippen LogP contribution >= 0.6 is 0 Å². The number of rotatable bonds is 4. The van der Waals surface area contributed by atoms with Crippen LogP contribution in [-0.4, -0.2) is 44.4 Å². The van der Waals surface area contributed by atoms with Gasteiger partial charge in [0.15, 0.2) is 0 Å². The van der Waals surface area contributed by atoms with Crippen LogP contribution in [0.15, 0.2) is 42.7 Å². The molecule has 0 bridgehead atoms. The molecule has 2 heterocycles. The number of carbonyl (C=O) groups is 1. The molecule has 0 N–H and O–H groups in total. The number of esters is 1. The minimum atomic E-state index is -0.483. The molecule has 1 aromatic carbocycles. The fourth-order valence-corrected chi connectivity index (χ4v) is 2.74. The predicted molar refractivity (Wildman–Crippen MR) is 93.6 cm³/mol. The zero-order chi connectivity index (χ0) is 17.6. The summed E-state index contributed by atoms with van der Waals surface area (Å²) >= 11 is 0. The molecule has 0 radical (unpaired) electrons. The molecular formula is C19H19FN2O3. The van der Waals surface area contributed by atoms with Crippen LogP contribution in [-0.2, 0) is 14.3 Å². The number of anilines is 1.